The summed E-state index contributed by atoms with van der Waals surface area (Å²) in [5, 5.41) is 0. The van der Waals surface area contributed by atoms with Crippen molar-refractivity contribution in [2.75, 3.05) is 11.5 Å². The fourth-order valence-electron chi connectivity index (χ4n) is 3.72. The van der Waals surface area contributed by atoms with Gasteiger partial charge in [-0.3, -0.25) is 4.79 Å². The first kappa shape index (κ1) is 18.3. The van der Waals surface area contributed by atoms with E-state index in [-0.39, 0.29) is 28.6 Å². The third-order valence-corrected chi connectivity index (χ3v) is 6.78. The second-order valence-corrected chi connectivity index (χ2v) is 9.33. The van der Waals surface area contributed by atoms with E-state index in [4.69, 9.17) is 0 Å². The Morgan fingerprint density at radius 3 is 2.48 bits per heavy atom. The minimum Gasteiger partial charge on any atom is -0.334 e. The van der Waals surface area contributed by atoms with Gasteiger partial charge in [-0.15, -0.1) is 0 Å². The van der Waals surface area contributed by atoms with Crippen LogP contribution in [0.4, 0.5) is 13.2 Å². The van der Waals surface area contributed by atoms with Crippen molar-refractivity contribution in [1.82, 2.24) is 14.5 Å². The zero-order valence-corrected chi connectivity index (χ0v) is 15.1. The number of sulfone groups is 1. The minimum absolute atomic E-state index is 0.00989. The Labute approximate surface area is 153 Å². The molecule has 1 saturated carbocycles. The molecule has 4 rings (SSSR count). The zero-order chi connectivity index (χ0) is 19.4. The molecule has 1 saturated heterocycles. The summed E-state index contributed by atoms with van der Waals surface area (Å²) in [4.78, 5) is 18.1. The number of benzene rings is 1. The van der Waals surface area contributed by atoms with Crippen LogP contribution in [0.25, 0.3) is 11.0 Å². The molecule has 2 fully saturated rings. The van der Waals surface area contributed by atoms with Gasteiger partial charge in [0.05, 0.1) is 22.5 Å². The number of carbonyl (C=O) groups is 1. The molecular formula is C17H18F3N3O3S. The predicted octanol–water partition coefficient (Wildman–Crippen LogP) is 2.23. The van der Waals surface area contributed by atoms with Gasteiger partial charge in [-0.25, -0.2) is 13.4 Å². The van der Waals surface area contributed by atoms with E-state index >= 15 is 0 Å². The standard InChI is InChI=1S/C17H18F3N3O3S/c18-17(19,20)16-21-13-3-1-2-4-14(13)22(16)9-15(24)23(11-5-6-11)12-7-8-27(25,26)10-12/h1-4,11-12H,5-10H2/t12-/m1/s1. The quantitative estimate of drug-likeness (QED) is 0.788. The molecule has 1 aromatic carbocycles. The number of fused-ring (bicyclic) bond motifs is 1. The number of carbonyl (C=O) groups excluding carboxylic acids is 1. The minimum atomic E-state index is -4.69. The predicted molar refractivity (Wildman–Crippen MR) is 91.7 cm³/mol. The summed E-state index contributed by atoms with van der Waals surface area (Å²) in [6.07, 6.45) is -2.86. The van der Waals surface area contributed by atoms with Crippen molar-refractivity contribution in [3.05, 3.63) is 30.1 Å². The summed E-state index contributed by atoms with van der Waals surface area (Å²) >= 11 is 0. The van der Waals surface area contributed by atoms with E-state index < -0.39 is 40.3 Å². The SMILES string of the molecule is O=C(Cn1c(C(F)(F)F)nc2ccccc21)N(C1CC1)[C@@H]1CCS(=O)(=O)C1. The molecule has 1 aliphatic heterocycles. The Morgan fingerprint density at radius 1 is 1.19 bits per heavy atom. The number of aromatic nitrogens is 2. The number of halogens is 3. The molecule has 1 atom stereocenters. The molecular weight excluding hydrogens is 383 g/mol. The number of amides is 1. The number of rotatable bonds is 4. The Hall–Kier alpha value is -2.10. The molecule has 2 aromatic rings. The van der Waals surface area contributed by atoms with Gasteiger partial charge >= 0.3 is 6.18 Å². The summed E-state index contributed by atoms with van der Waals surface area (Å²) in [5.41, 5.74) is 0.395. The van der Waals surface area contributed by atoms with E-state index in [1.54, 1.807) is 12.1 Å². The Kier molecular flexibility index (Phi) is 4.21. The second kappa shape index (κ2) is 6.22. The maximum Gasteiger partial charge on any atom is 0.449 e. The Bertz CT molecular complexity index is 996. The molecule has 1 aromatic heterocycles. The van der Waals surface area contributed by atoms with Crippen LogP contribution in [0, 0.1) is 0 Å². The lowest BCUT2D eigenvalue weighted by Gasteiger charge is -2.29. The first-order chi connectivity index (χ1) is 12.7. The van der Waals surface area contributed by atoms with Gasteiger partial charge in [0.1, 0.15) is 6.54 Å². The lowest BCUT2D eigenvalue weighted by atomic mass is 10.2. The topological polar surface area (TPSA) is 72.3 Å². The number of imidazole rings is 1. The lowest BCUT2D eigenvalue weighted by Crippen LogP contribution is -2.44. The van der Waals surface area contributed by atoms with E-state index in [2.05, 4.69) is 4.98 Å². The summed E-state index contributed by atoms with van der Waals surface area (Å²) < 4.78 is 64.7. The zero-order valence-electron chi connectivity index (χ0n) is 14.3. The van der Waals surface area contributed by atoms with Gasteiger partial charge in [-0.05, 0) is 31.4 Å². The van der Waals surface area contributed by atoms with Gasteiger partial charge < -0.3 is 9.47 Å². The van der Waals surface area contributed by atoms with Crippen LogP contribution < -0.4 is 0 Å². The van der Waals surface area contributed by atoms with Crippen molar-refractivity contribution >= 4 is 26.8 Å². The molecule has 1 aliphatic carbocycles. The van der Waals surface area contributed by atoms with Crippen LogP contribution in [-0.4, -0.2) is 52.4 Å². The third-order valence-electron chi connectivity index (χ3n) is 5.03. The normalized spacial score (nSPS) is 22.3. The average molecular weight is 401 g/mol. The Morgan fingerprint density at radius 2 is 1.89 bits per heavy atom. The third kappa shape index (κ3) is 3.54. The largest absolute Gasteiger partial charge is 0.449 e. The van der Waals surface area contributed by atoms with Crippen LogP contribution in [0.3, 0.4) is 0 Å². The molecule has 2 aliphatic rings. The van der Waals surface area contributed by atoms with E-state index in [9.17, 15) is 26.4 Å². The lowest BCUT2D eigenvalue weighted by molar-refractivity contribution is -0.148. The monoisotopic (exact) mass is 401 g/mol. The summed E-state index contributed by atoms with van der Waals surface area (Å²) in [6, 6.07) is 5.59. The van der Waals surface area contributed by atoms with Gasteiger partial charge in [0.2, 0.25) is 11.7 Å². The molecule has 0 unspecified atom stereocenters. The van der Waals surface area contributed by atoms with Crippen LogP contribution in [0.5, 0.6) is 0 Å². The molecule has 1 amide bonds. The number of hydrogen-bond acceptors (Lipinski definition) is 4. The van der Waals surface area contributed by atoms with Crippen molar-refractivity contribution < 1.29 is 26.4 Å². The van der Waals surface area contributed by atoms with Crippen molar-refractivity contribution in [2.45, 2.75) is 44.1 Å². The van der Waals surface area contributed by atoms with E-state index in [1.165, 1.54) is 17.0 Å². The molecule has 146 valence electrons. The van der Waals surface area contributed by atoms with Crippen LogP contribution in [0.2, 0.25) is 0 Å². The first-order valence-electron chi connectivity index (χ1n) is 8.70. The van der Waals surface area contributed by atoms with Crippen molar-refractivity contribution in [3.63, 3.8) is 0 Å². The fraction of sp³-hybridized carbons (Fsp3) is 0.529. The van der Waals surface area contributed by atoms with Crippen LogP contribution in [0.15, 0.2) is 24.3 Å². The number of hydrogen-bond donors (Lipinski definition) is 0. The molecule has 6 nitrogen and oxygen atoms in total. The van der Waals surface area contributed by atoms with Crippen molar-refractivity contribution in [3.8, 4) is 0 Å². The Balaban J connectivity index is 1.67. The van der Waals surface area contributed by atoms with Crippen LogP contribution in [0.1, 0.15) is 25.1 Å². The fourth-order valence-corrected chi connectivity index (χ4v) is 5.43. The van der Waals surface area contributed by atoms with Gasteiger partial charge in [0, 0.05) is 12.1 Å². The molecule has 10 heteroatoms. The molecule has 0 N–H and O–H groups in total. The van der Waals surface area contributed by atoms with Gasteiger partial charge in [0.15, 0.2) is 9.84 Å². The maximum absolute atomic E-state index is 13.4. The summed E-state index contributed by atoms with van der Waals surface area (Å²) in [6.45, 7) is -0.512. The number of alkyl halides is 3. The summed E-state index contributed by atoms with van der Waals surface area (Å²) in [7, 11) is -3.20. The highest BCUT2D eigenvalue weighted by Crippen LogP contribution is 2.34. The van der Waals surface area contributed by atoms with Gasteiger partial charge in [0.25, 0.3) is 0 Å². The second-order valence-electron chi connectivity index (χ2n) is 7.10. The highest BCUT2D eigenvalue weighted by atomic mass is 32.2. The van der Waals surface area contributed by atoms with E-state index in [0.29, 0.717) is 6.42 Å². The highest BCUT2D eigenvalue weighted by molar-refractivity contribution is 7.91. The molecule has 0 bridgehead atoms. The average Bonchev–Trinajstić information content (AvgIpc) is 3.23. The first-order valence-corrected chi connectivity index (χ1v) is 10.5. The molecule has 0 spiro atoms. The van der Waals surface area contributed by atoms with Crippen LogP contribution >= 0.6 is 0 Å². The highest BCUT2D eigenvalue weighted by Gasteiger charge is 2.43. The van der Waals surface area contributed by atoms with Crippen molar-refractivity contribution in [1.29, 1.82) is 0 Å². The van der Waals surface area contributed by atoms with E-state index in [1.807, 2.05) is 0 Å². The molecule has 2 heterocycles. The number of para-hydroxylation sites is 2. The van der Waals surface area contributed by atoms with Gasteiger partial charge in [-0.2, -0.15) is 13.2 Å². The van der Waals surface area contributed by atoms with Gasteiger partial charge in [-0.1, -0.05) is 12.1 Å². The summed E-state index contributed by atoms with van der Waals surface area (Å²) in [5.74, 6) is -1.72. The van der Waals surface area contributed by atoms with Crippen molar-refractivity contribution in [2.24, 2.45) is 0 Å². The smallest absolute Gasteiger partial charge is 0.334 e. The van der Waals surface area contributed by atoms with Crippen LogP contribution in [-0.2, 0) is 27.4 Å². The maximum atomic E-state index is 13.4. The number of nitrogens with zero attached hydrogens (tertiary/aromatic N) is 3. The molecule has 27 heavy (non-hydrogen) atoms. The van der Waals surface area contributed by atoms with E-state index in [0.717, 1.165) is 17.4 Å². The molecule has 0 radical (unpaired) electrons.